The van der Waals surface area contributed by atoms with Gasteiger partial charge in [0.05, 0.1) is 31.0 Å². The Kier molecular flexibility index (Phi) is 3.67. The quantitative estimate of drug-likeness (QED) is 0.637. The first kappa shape index (κ1) is 16.3. The van der Waals surface area contributed by atoms with Crippen molar-refractivity contribution in [2.45, 2.75) is 77.3 Å². The Morgan fingerprint density at radius 2 is 1.74 bits per heavy atom. The third-order valence-corrected chi connectivity index (χ3v) is 8.20. The van der Waals surface area contributed by atoms with Crippen LogP contribution in [0.5, 0.6) is 0 Å². The molecule has 23 heavy (non-hydrogen) atoms. The zero-order valence-corrected chi connectivity index (χ0v) is 14.6. The summed E-state index contributed by atoms with van der Waals surface area (Å²) in [6.45, 7) is 7.18. The fourth-order valence-corrected chi connectivity index (χ4v) is 6.73. The summed E-state index contributed by atoms with van der Waals surface area (Å²) in [6, 6.07) is 0. The molecule has 3 N–H and O–H groups in total. The summed E-state index contributed by atoms with van der Waals surface area (Å²) in [6.07, 6.45) is 3.52. The van der Waals surface area contributed by atoms with Crippen LogP contribution in [0, 0.1) is 34.5 Å². The number of hydrogen-bond acceptors (Lipinski definition) is 4. The molecule has 4 rings (SSSR count). The van der Waals surface area contributed by atoms with Crippen LogP contribution in [-0.2, 0) is 4.74 Å². The molecule has 4 nitrogen and oxygen atoms in total. The monoisotopic (exact) mass is 324 g/mol. The first-order valence-electron chi connectivity index (χ1n) is 9.43. The Labute approximate surface area is 139 Å². The van der Waals surface area contributed by atoms with Gasteiger partial charge in [-0.1, -0.05) is 20.8 Å². The lowest BCUT2D eigenvalue weighted by atomic mass is 9.50. The van der Waals surface area contributed by atoms with Gasteiger partial charge in [-0.25, -0.2) is 0 Å². The van der Waals surface area contributed by atoms with Gasteiger partial charge in [0.2, 0.25) is 0 Å². The molecule has 0 radical (unpaired) electrons. The van der Waals surface area contributed by atoms with Gasteiger partial charge in [-0.2, -0.15) is 0 Å². The van der Waals surface area contributed by atoms with Gasteiger partial charge < -0.3 is 20.1 Å². The van der Waals surface area contributed by atoms with Crippen LogP contribution in [0.4, 0.5) is 0 Å². The second kappa shape index (κ2) is 5.17. The summed E-state index contributed by atoms with van der Waals surface area (Å²) in [5.74, 6) is 1.09. The second-order valence-electron chi connectivity index (χ2n) is 9.51. The first-order chi connectivity index (χ1) is 10.8. The zero-order chi connectivity index (χ0) is 16.6. The number of aliphatic hydroxyl groups is 3. The van der Waals surface area contributed by atoms with Crippen molar-refractivity contribution in [1.29, 1.82) is 0 Å². The Morgan fingerprint density at radius 3 is 2.48 bits per heavy atom. The molecule has 1 heterocycles. The van der Waals surface area contributed by atoms with E-state index in [1.54, 1.807) is 0 Å². The summed E-state index contributed by atoms with van der Waals surface area (Å²) in [4.78, 5) is 0. The van der Waals surface area contributed by atoms with Crippen molar-refractivity contribution in [3.05, 3.63) is 0 Å². The highest BCUT2D eigenvalue weighted by molar-refractivity contribution is 5.12. The molecule has 0 amide bonds. The lowest BCUT2D eigenvalue weighted by Crippen LogP contribution is -2.64. The van der Waals surface area contributed by atoms with Crippen LogP contribution >= 0.6 is 0 Å². The molecule has 10 atom stereocenters. The van der Waals surface area contributed by atoms with E-state index in [4.69, 9.17) is 4.74 Å². The lowest BCUT2D eigenvalue weighted by Gasteiger charge is -2.61. The second-order valence-corrected chi connectivity index (χ2v) is 9.51. The Hall–Kier alpha value is -0.160. The molecule has 0 spiro atoms. The average Bonchev–Trinajstić information content (AvgIpc) is 2.73. The van der Waals surface area contributed by atoms with E-state index in [2.05, 4.69) is 20.8 Å². The van der Waals surface area contributed by atoms with Gasteiger partial charge in [-0.15, -0.1) is 0 Å². The largest absolute Gasteiger partial charge is 0.393 e. The normalized spacial score (nSPS) is 62.3. The van der Waals surface area contributed by atoms with Gasteiger partial charge in [0.1, 0.15) is 0 Å². The Morgan fingerprint density at radius 1 is 1.00 bits per heavy atom. The topological polar surface area (TPSA) is 69.9 Å². The van der Waals surface area contributed by atoms with E-state index in [1.807, 2.05) is 0 Å². The molecule has 3 saturated carbocycles. The van der Waals surface area contributed by atoms with E-state index in [0.717, 1.165) is 32.1 Å². The van der Waals surface area contributed by atoms with Gasteiger partial charge in [0.25, 0.3) is 0 Å². The van der Waals surface area contributed by atoms with Gasteiger partial charge >= 0.3 is 0 Å². The molecule has 4 heteroatoms. The van der Waals surface area contributed by atoms with Crippen molar-refractivity contribution in [1.82, 2.24) is 0 Å². The molecule has 132 valence electrons. The van der Waals surface area contributed by atoms with Crippen molar-refractivity contribution in [3.8, 4) is 0 Å². The third-order valence-electron chi connectivity index (χ3n) is 8.20. The van der Waals surface area contributed by atoms with E-state index >= 15 is 0 Å². The average molecular weight is 324 g/mol. The predicted octanol–water partition coefficient (Wildman–Crippen LogP) is 1.96. The van der Waals surface area contributed by atoms with Crippen LogP contribution in [0.3, 0.4) is 0 Å². The molecular weight excluding hydrogens is 292 g/mol. The first-order valence-corrected chi connectivity index (χ1v) is 9.43. The highest BCUT2D eigenvalue weighted by Gasteiger charge is 2.64. The van der Waals surface area contributed by atoms with Crippen LogP contribution in [0.2, 0.25) is 0 Å². The minimum absolute atomic E-state index is 0.0568. The smallest absolute Gasteiger partial charge is 0.0687 e. The van der Waals surface area contributed by atoms with Crippen LogP contribution in [0.25, 0.3) is 0 Å². The number of ether oxygens (including phenoxy) is 1. The number of hydrogen-bond donors (Lipinski definition) is 3. The van der Waals surface area contributed by atoms with Gasteiger partial charge in [-0.05, 0) is 55.3 Å². The SMILES string of the molecule is C[C@@H]1CC2C3C(OC[C@]2(C)[C@H]1O)[C@@]1(C)CC[C@H](O)C[C@@H]1C[C@@H]3O. The summed E-state index contributed by atoms with van der Waals surface area (Å²) in [5.41, 5.74) is -0.166. The number of fused-ring (bicyclic) bond motifs is 5. The molecular formula is C19H32O4. The van der Waals surface area contributed by atoms with Crippen molar-refractivity contribution in [2.24, 2.45) is 34.5 Å². The van der Waals surface area contributed by atoms with Crippen molar-refractivity contribution >= 4 is 0 Å². The van der Waals surface area contributed by atoms with E-state index < -0.39 is 0 Å². The summed E-state index contributed by atoms with van der Waals surface area (Å²) in [5, 5.41) is 31.7. The Bertz CT molecular complexity index is 482. The van der Waals surface area contributed by atoms with Crippen LogP contribution in [-0.4, -0.2) is 46.3 Å². The van der Waals surface area contributed by atoms with E-state index in [1.165, 1.54) is 0 Å². The standard InChI is InChI=1S/C19H32O4/c1-10-6-13-15-14(21)8-11-7-12(20)4-5-18(11,2)17(15)23-9-19(13,3)16(10)22/h10-17,20-22H,4-9H2,1-3H3/t10-,11-,12+,13?,14+,15?,16+,17?,18+,19+/m1/s1. The predicted molar refractivity (Wildman–Crippen MR) is 86.7 cm³/mol. The minimum Gasteiger partial charge on any atom is -0.393 e. The van der Waals surface area contributed by atoms with Gasteiger partial charge in [0.15, 0.2) is 0 Å². The third kappa shape index (κ3) is 2.11. The molecule has 3 aliphatic carbocycles. The fraction of sp³-hybridized carbons (Fsp3) is 1.00. The number of aliphatic hydroxyl groups excluding tert-OH is 3. The summed E-state index contributed by atoms with van der Waals surface area (Å²) in [7, 11) is 0. The van der Waals surface area contributed by atoms with E-state index in [0.29, 0.717) is 18.4 Å². The molecule has 4 fully saturated rings. The maximum Gasteiger partial charge on any atom is 0.0687 e. The van der Waals surface area contributed by atoms with Crippen LogP contribution in [0.15, 0.2) is 0 Å². The van der Waals surface area contributed by atoms with Crippen molar-refractivity contribution in [3.63, 3.8) is 0 Å². The van der Waals surface area contributed by atoms with Crippen molar-refractivity contribution in [2.75, 3.05) is 6.61 Å². The highest BCUT2D eigenvalue weighted by atomic mass is 16.5. The summed E-state index contributed by atoms with van der Waals surface area (Å²) >= 11 is 0. The van der Waals surface area contributed by atoms with Crippen molar-refractivity contribution < 1.29 is 20.1 Å². The van der Waals surface area contributed by atoms with Crippen LogP contribution < -0.4 is 0 Å². The van der Waals surface area contributed by atoms with E-state index in [-0.39, 0.29) is 47.1 Å². The fourth-order valence-electron chi connectivity index (χ4n) is 6.73. The zero-order valence-electron chi connectivity index (χ0n) is 14.6. The lowest BCUT2D eigenvalue weighted by molar-refractivity contribution is -0.251. The molecule has 3 unspecified atom stereocenters. The molecule has 0 bridgehead atoms. The Balaban J connectivity index is 1.68. The molecule has 1 saturated heterocycles. The summed E-state index contributed by atoms with van der Waals surface area (Å²) < 4.78 is 6.39. The van der Waals surface area contributed by atoms with Crippen LogP contribution in [0.1, 0.15) is 52.9 Å². The molecule has 4 aliphatic rings. The molecule has 1 aliphatic heterocycles. The molecule has 0 aromatic carbocycles. The van der Waals surface area contributed by atoms with Gasteiger partial charge in [0, 0.05) is 11.3 Å². The van der Waals surface area contributed by atoms with Gasteiger partial charge in [-0.3, -0.25) is 0 Å². The minimum atomic E-state index is -0.370. The highest BCUT2D eigenvalue weighted by Crippen LogP contribution is 2.62. The molecule has 0 aromatic rings. The molecule has 0 aromatic heterocycles. The maximum atomic E-state index is 10.9. The van der Waals surface area contributed by atoms with E-state index in [9.17, 15) is 15.3 Å². The maximum absolute atomic E-state index is 10.9. The number of rotatable bonds is 0.